The van der Waals surface area contributed by atoms with Crippen LogP contribution in [0.15, 0.2) is 30.9 Å². The van der Waals surface area contributed by atoms with Gasteiger partial charge >= 0.3 is 0 Å². The van der Waals surface area contributed by atoms with Gasteiger partial charge in [-0.3, -0.25) is 5.84 Å². The van der Waals surface area contributed by atoms with Crippen molar-refractivity contribution in [2.45, 2.75) is 19.3 Å². The Balaban J connectivity index is 2.32. The standard InChI is InChI=1S/C11H14N2O/c1-2-11(13-12)8-3-4-9-6-14-7-10(9)5-8/h2-5,11,13H,1,6-7,12H2. The largest absolute Gasteiger partial charge is 0.372 e. The zero-order chi connectivity index (χ0) is 9.97. The molecule has 1 aliphatic rings. The lowest BCUT2D eigenvalue weighted by molar-refractivity contribution is 0.134. The molecule has 3 N–H and O–H groups in total. The smallest absolute Gasteiger partial charge is 0.0725 e. The topological polar surface area (TPSA) is 47.3 Å². The predicted molar refractivity (Wildman–Crippen MR) is 55.2 cm³/mol. The average Bonchev–Trinajstić information content (AvgIpc) is 2.66. The molecule has 0 radical (unpaired) electrons. The Hall–Kier alpha value is -1.16. The molecule has 1 atom stereocenters. The fourth-order valence-corrected chi connectivity index (χ4v) is 1.69. The minimum Gasteiger partial charge on any atom is -0.372 e. The van der Waals surface area contributed by atoms with Gasteiger partial charge in [0.15, 0.2) is 0 Å². The van der Waals surface area contributed by atoms with Crippen LogP contribution in [0.2, 0.25) is 0 Å². The molecular weight excluding hydrogens is 176 g/mol. The first kappa shape index (κ1) is 9.40. The summed E-state index contributed by atoms with van der Waals surface area (Å²) in [5.41, 5.74) is 6.36. The van der Waals surface area contributed by atoms with Crippen LogP contribution in [-0.2, 0) is 18.0 Å². The van der Waals surface area contributed by atoms with Crippen LogP contribution in [0.5, 0.6) is 0 Å². The van der Waals surface area contributed by atoms with Gasteiger partial charge in [-0.15, -0.1) is 6.58 Å². The molecule has 0 saturated heterocycles. The molecule has 14 heavy (non-hydrogen) atoms. The molecule has 0 aliphatic carbocycles. The van der Waals surface area contributed by atoms with Crippen LogP contribution in [0.25, 0.3) is 0 Å². The van der Waals surface area contributed by atoms with Gasteiger partial charge in [0.05, 0.1) is 19.3 Å². The molecule has 3 nitrogen and oxygen atoms in total. The van der Waals surface area contributed by atoms with E-state index >= 15 is 0 Å². The molecule has 0 fully saturated rings. The quantitative estimate of drug-likeness (QED) is 0.430. The number of hydrazine groups is 1. The highest BCUT2D eigenvalue weighted by atomic mass is 16.5. The fraction of sp³-hybridized carbons (Fsp3) is 0.273. The second-order valence-electron chi connectivity index (χ2n) is 3.40. The van der Waals surface area contributed by atoms with E-state index < -0.39 is 0 Å². The third-order valence-electron chi connectivity index (χ3n) is 2.52. The lowest BCUT2D eigenvalue weighted by atomic mass is 10.0. The molecule has 0 amide bonds. The third-order valence-corrected chi connectivity index (χ3v) is 2.52. The van der Waals surface area contributed by atoms with Crippen molar-refractivity contribution in [2.75, 3.05) is 0 Å². The van der Waals surface area contributed by atoms with Crippen molar-refractivity contribution >= 4 is 0 Å². The molecular formula is C11H14N2O. The summed E-state index contributed by atoms with van der Waals surface area (Å²) in [6.07, 6.45) is 1.79. The summed E-state index contributed by atoms with van der Waals surface area (Å²) < 4.78 is 5.34. The lowest BCUT2D eigenvalue weighted by Crippen LogP contribution is -2.26. The maximum Gasteiger partial charge on any atom is 0.0725 e. The van der Waals surface area contributed by atoms with Gasteiger partial charge < -0.3 is 4.74 Å². The minimum absolute atomic E-state index is 0.0147. The van der Waals surface area contributed by atoms with Crippen LogP contribution in [0, 0.1) is 0 Å². The van der Waals surface area contributed by atoms with Crippen molar-refractivity contribution < 1.29 is 4.74 Å². The van der Waals surface area contributed by atoms with E-state index in [9.17, 15) is 0 Å². The van der Waals surface area contributed by atoms with Crippen LogP contribution < -0.4 is 11.3 Å². The Kier molecular flexibility index (Phi) is 2.63. The maximum absolute atomic E-state index is 5.41. The van der Waals surface area contributed by atoms with E-state index in [-0.39, 0.29) is 6.04 Å². The van der Waals surface area contributed by atoms with Crippen LogP contribution in [-0.4, -0.2) is 0 Å². The number of fused-ring (bicyclic) bond motifs is 1. The van der Waals surface area contributed by atoms with E-state index in [2.05, 4.69) is 30.2 Å². The molecule has 2 rings (SSSR count). The highest BCUT2D eigenvalue weighted by Crippen LogP contribution is 2.23. The summed E-state index contributed by atoms with van der Waals surface area (Å²) in [6, 6.07) is 6.28. The first-order chi connectivity index (χ1) is 6.85. The SMILES string of the molecule is C=CC(NN)c1ccc2c(c1)COC2. The number of nitrogens with two attached hydrogens (primary N) is 1. The average molecular weight is 190 g/mol. The van der Waals surface area contributed by atoms with Crippen molar-refractivity contribution in [2.24, 2.45) is 5.84 Å². The summed E-state index contributed by atoms with van der Waals surface area (Å²) in [6.45, 7) is 5.16. The summed E-state index contributed by atoms with van der Waals surface area (Å²) in [5.74, 6) is 5.41. The van der Waals surface area contributed by atoms with Crippen LogP contribution in [0.1, 0.15) is 22.7 Å². The van der Waals surface area contributed by atoms with E-state index in [1.165, 1.54) is 11.1 Å². The van der Waals surface area contributed by atoms with Gasteiger partial charge in [0.2, 0.25) is 0 Å². The van der Waals surface area contributed by atoms with Gasteiger partial charge in [0.1, 0.15) is 0 Å². The van der Waals surface area contributed by atoms with E-state index in [1.54, 1.807) is 6.08 Å². The Morgan fingerprint density at radius 3 is 2.93 bits per heavy atom. The molecule has 1 aliphatic heterocycles. The molecule has 0 saturated carbocycles. The maximum atomic E-state index is 5.41. The highest BCUT2D eigenvalue weighted by Gasteiger charge is 2.13. The van der Waals surface area contributed by atoms with Crippen molar-refractivity contribution in [3.63, 3.8) is 0 Å². The van der Waals surface area contributed by atoms with Crippen LogP contribution in [0.3, 0.4) is 0 Å². The molecule has 1 aromatic carbocycles. The number of hydrogen-bond donors (Lipinski definition) is 2. The van der Waals surface area contributed by atoms with Gasteiger partial charge in [0, 0.05) is 0 Å². The minimum atomic E-state index is 0.0147. The highest BCUT2D eigenvalue weighted by molar-refractivity contribution is 5.35. The Morgan fingerprint density at radius 1 is 1.43 bits per heavy atom. The van der Waals surface area contributed by atoms with Crippen molar-refractivity contribution in [3.05, 3.63) is 47.5 Å². The second-order valence-corrected chi connectivity index (χ2v) is 3.40. The van der Waals surface area contributed by atoms with E-state index in [1.807, 2.05) is 0 Å². The first-order valence-corrected chi connectivity index (χ1v) is 4.63. The van der Waals surface area contributed by atoms with E-state index in [4.69, 9.17) is 10.6 Å². The summed E-state index contributed by atoms with van der Waals surface area (Å²) in [4.78, 5) is 0. The van der Waals surface area contributed by atoms with Gasteiger partial charge in [-0.05, 0) is 16.7 Å². The van der Waals surface area contributed by atoms with Crippen molar-refractivity contribution in [1.29, 1.82) is 0 Å². The number of rotatable bonds is 3. The predicted octanol–water partition coefficient (Wildman–Crippen LogP) is 1.41. The monoisotopic (exact) mass is 190 g/mol. The Labute approximate surface area is 83.5 Å². The van der Waals surface area contributed by atoms with Crippen LogP contribution >= 0.6 is 0 Å². The summed E-state index contributed by atoms with van der Waals surface area (Å²) >= 11 is 0. The normalized spacial score (nSPS) is 16.4. The number of benzene rings is 1. The first-order valence-electron chi connectivity index (χ1n) is 4.63. The van der Waals surface area contributed by atoms with Gasteiger partial charge in [-0.1, -0.05) is 24.3 Å². The number of ether oxygens (including phenoxy) is 1. The fourth-order valence-electron chi connectivity index (χ4n) is 1.69. The lowest BCUT2D eigenvalue weighted by Gasteiger charge is -2.12. The zero-order valence-corrected chi connectivity index (χ0v) is 7.99. The van der Waals surface area contributed by atoms with Gasteiger partial charge in [0.25, 0.3) is 0 Å². The molecule has 74 valence electrons. The van der Waals surface area contributed by atoms with Gasteiger partial charge in [-0.25, -0.2) is 5.43 Å². The molecule has 0 aromatic heterocycles. The van der Waals surface area contributed by atoms with Crippen molar-refractivity contribution in [1.82, 2.24) is 5.43 Å². The van der Waals surface area contributed by atoms with Crippen LogP contribution in [0.4, 0.5) is 0 Å². The second kappa shape index (κ2) is 3.92. The van der Waals surface area contributed by atoms with Crippen molar-refractivity contribution in [3.8, 4) is 0 Å². The summed E-state index contributed by atoms with van der Waals surface area (Å²) in [5, 5.41) is 0. The molecule has 0 spiro atoms. The molecule has 1 aromatic rings. The molecule has 3 heteroatoms. The molecule has 1 heterocycles. The van der Waals surface area contributed by atoms with Gasteiger partial charge in [-0.2, -0.15) is 0 Å². The van der Waals surface area contributed by atoms with E-state index in [0.717, 1.165) is 12.2 Å². The third kappa shape index (κ3) is 1.57. The van der Waals surface area contributed by atoms with E-state index in [0.29, 0.717) is 6.61 Å². The Bertz CT molecular complexity index is 349. The Morgan fingerprint density at radius 2 is 2.21 bits per heavy atom. The molecule has 1 unspecified atom stereocenters. The number of hydrogen-bond acceptors (Lipinski definition) is 3. The zero-order valence-electron chi connectivity index (χ0n) is 7.99. The molecule has 0 bridgehead atoms. The number of nitrogens with one attached hydrogen (secondary N) is 1. The summed E-state index contributed by atoms with van der Waals surface area (Å²) in [7, 11) is 0.